The zero-order valence-corrected chi connectivity index (χ0v) is 15.3. The zero-order chi connectivity index (χ0) is 18.6. The van der Waals surface area contributed by atoms with Gasteiger partial charge in [0.1, 0.15) is 11.5 Å². The number of likely N-dealkylation sites (tertiary alicyclic amines) is 1. The van der Waals surface area contributed by atoms with Gasteiger partial charge < -0.3 is 19.5 Å². The number of hydrogen-bond donors (Lipinski definition) is 1. The van der Waals surface area contributed by atoms with Crippen molar-refractivity contribution in [2.45, 2.75) is 39.7 Å². The average Bonchev–Trinajstić information content (AvgIpc) is 2.95. The van der Waals surface area contributed by atoms with E-state index in [1.165, 1.54) is 0 Å². The third-order valence-electron chi connectivity index (χ3n) is 4.70. The quantitative estimate of drug-likeness (QED) is 0.819. The zero-order valence-electron chi connectivity index (χ0n) is 15.3. The molecule has 1 amide bonds. The van der Waals surface area contributed by atoms with Gasteiger partial charge in [0.15, 0.2) is 0 Å². The fourth-order valence-electron chi connectivity index (χ4n) is 3.04. The predicted octanol–water partition coefficient (Wildman–Crippen LogP) is 3.06. The smallest absolute Gasteiger partial charge is 0.308 e. The summed E-state index contributed by atoms with van der Waals surface area (Å²) in [5.74, 6) is 0.0292. The molecule has 0 aromatic heterocycles. The average molecular weight is 349 g/mol. The van der Waals surface area contributed by atoms with E-state index in [2.05, 4.69) is 13.8 Å². The van der Waals surface area contributed by atoms with Gasteiger partial charge in [-0.05, 0) is 37.8 Å². The van der Waals surface area contributed by atoms with Crippen LogP contribution in [-0.4, -0.2) is 48.2 Å². The molecule has 1 N–H and O–H groups in total. The van der Waals surface area contributed by atoms with Gasteiger partial charge in [-0.3, -0.25) is 9.59 Å². The number of methoxy groups -OCH3 is 1. The van der Waals surface area contributed by atoms with Crippen molar-refractivity contribution in [2.24, 2.45) is 11.8 Å². The van der Waals surface area contributed by atoms with E-state index in [0.29, 0.717) is 42.6 Å². The second-order valence-electron chi connectivity index (χ2n) is 6.87. The van der Waals surface area contributed by atoms with Gasteiger partial charge >= 0.3 is 5.97 Å². The highest BCUT2D eigenvalue weighted by Crippen LogP contribution is 2.31. The second-order valence-corrected chi connectivity index (χ2v) is 6.87. The summed E-state index contributed by atoms with van der Waals surface area (Å²) in [6.45, 7) is 6.96. The number of hydrogen-bond acceptors (Lipinski definition) is 4. The highest BCUT2D eigenvalue weighted by Gasteiger charge is 2.39. The number of benzene rings is 1. The standard InChI is InChI=1S/C19H27NO5/c1-12(2)8-10-25-17-11-14(24-4)5-6-16(17)18(21)20-9-7-15(13(20)3)19(22)23/h5-6,11-13,15H,7-10H2,1-4H3,(H,22,23). The van der Waals surface area contributed by atoms with Crippen molar-refractivity contribution in [3.8, 4) is 11.5 Å². The highest BCUT2D eigenvalue weighted by molar-refractivity contribution is 5.98. The first-order valence-corrected chi connectivity index (χ1v) is 8.69. The van der Waals surface area contributed by atoms with E-state index in [0.717, 1.165) is 6.42 Å². The molecule has 0 aliphatic carbocycles. The number of amides is 1. The van der Waals surface area contributed by atoms with Crippen LogP contribution >= 0.6 is 0 Å². The molecule has 1 aromatic rings. The van der Waals surface area contributed by atoms with Crippen LogP contribution in [0.1, 0.15) is 44.0 Å². The van der Waals surface area contributed by atoms with E-state index < -0.39 is 11.9 Å². The minimum Gasteiger partial charge on any atom is -0.497 e. The molecule has 6 nitrogen and oxygen atoms in total. The Morgan fingerprint density at radius 1 is 1.36 bits per heavy atom. The lowest BCUT2D eigenvalue weighted by atomic mass is 10.0. The number of carbonyl (C=O) groups excluding carboxylic acids is 1. The Bertz CT molecular complexity index is 628. The third-order valence-corrected chi connectivity index (χ3v) is 4.70. The molecule has 1 fully saturated rings. The molecule has 0 saturated carbocycles. The monoisotopic (exact) mass is 349 g/mol. The van der Waals surface area contributed by atoms with Crippen molar-refractivity contribution in [3.05, 3.63) is 23.8 Å². The van der Waals surface area contributed by atoms with Crippen LogP contribution in [0.3, 0.4) is 0 Å². The molecule has 1 heterocycles. The molecule has 1 aliphatic heterocycles. The molecule has 1 saturated heterocycles. The minimum atomic E-state index is -0.856. The summed E-state index contributed by atoms with van der Waals surface area (Å²) >= 11 is 0. The number of carboxylic acid groups (broad SMARTS) is 1. The number of carboxylic acids is 1. The summed E-state index contributed by atoms with van der Waals surface area (Å²) < 4.78 is 11.1. The summed E-state index contributed by atoms with van der Waals surface area (Å²) in [5, 5.41) is 9.27. The summed E-state index contributed by atoms with van der Waals surface area (Å²) in [6, 6.07) is 4.78. The summed E-state index contributed by atoms with van der Waals surface area (Å²) in [7, 11) is 1.56. The molecular formula is C19H27NO5. The largest absolute Gasteiger partial charge is 0.497 e. The van der Waals surface area contributed by atoms with Crippen molar-refractivity contribution >= 4 is 11.9 Å². The van der Waals surface area contributed by atoms with Gasteiger partial charge in [0.25, 0.3) is 5.91 Å². The predicted molar refractivity (Wildman–Crippen MR) is 94.2 cm³/mol. The van der Waals surface area contributed by atoms with Crippen molar-refractivity contribution in [3.63, 3.8) is 0 Å². The van der Waals surface area contributed by atoms with Crippen LogP contribution in [0.5, 0.6) is 11.5 Å². The van der Waals surface area contributed by atoms with E-state index in [9.17, 15) is 14.7 Å². The Morgan fingerprint density at radius 2 is 2.08 bits per heavy atom. The van der Waals surface area contributed by atoms with E-state index in [-0.39, 0.29) is 11.9 Å². The molecule has 1 aliphatic rings. The normalized spacial score (nSPS) is 20.0. The van der Waals surface area contributed by atoms with Gasteiger partial charge in [0.05, 0.1) is 25.2 Å². The van der Waals surface area contributed by atoms with Crippen LogP contribution in [-0.2, 0) is 4.79 Å². The maximum absolute atomic E-state index is 13.0. The van der Waals surface area contributed by atoms with Crippen LogP contribution in [0.25, 0.3) is 0 Å². The number of carbonyl (C=O) groups is 2. The molecule has 2 atom stereocenters. The number of nitrogens with zero attached hydrogens (tertiary/aromatic N) is 1. The van der Waals surface area contributed by atoms with Crippen LogP contribution in [0.4, 0.5) is 0 Å². The Hall–Kier alpha value is -2.24. The SMILES string of the molecule is COc1ccc(C(=O)N2CCC(C(=O)O)C2C)c(OCCC(C)C)c1. The molecule has 0 spiro atoms. The third kappa shape index (κ3) is 4.44. The van der Waals surface area contributed by atoms with Crippen molar-refractivity contribution in [1.82, 2.24) is 4.90 Å². The first-order chi connectivity index (χ1) is 11.8. The van der Waals surface area contributed by atoms with Gasteiger partial charge in [-0.25, -0.2) is 0 Å². The van der Waals surface area contributed by atoms with Crippen LogP contribution in [0, 0.1) is 11.8 Å². The molecule has 2 rings (SSSR count). The molecule has 0 bridgehead atoms. The molecular weight excluding hydrogens is 322 g/mol. The minimum absolute atomic E-state index is 0.196. The van der Waals surface area contributed by atoms with Gasteiger partial charge in [0.2, 0.25) is 0 Å². The Kier molecular flexibility index (Phi) is 6.28. The maximum atomic E-state index is 13.0. The molecule has 2 unspecified atom stereocenters. The number of rotatable bonds is 7. The topological polar surface area (TPSA) is 76.1 Å². The Balaban J connectivity index is 2.21. The summed E-state index contributed by atoms with van der Waals surface area (Å²) in [6.07, 6.45) is 1.36. The van der Waals surface area contributed by atoms with Crippen molar-refractivity contribution in [2.75, 3.05) is 20.3 Å². The fraction of sp³-hybridized carbons (Fsp3) is 0.579. The molecule has 25 heavy (non-hydrogen) atoms. The fourth-order valence-corrected chi connectivity index (χ4v) is 3.04. The first-order valence-electron chi connectivity index (χ1n) is 8.69. The maximum Gasteiger partial charge on any atom is 0.308 e. The van der Waals surface area contributed by atoms with Gasteiger partial charge in [-0.15, -0.1) is 0 Å². The number of aliphatic carboxylic acids is 1. The molecule has 6 heteroatoms. The van der Waals surface area contributed by atoms with E-state index in [4.69, 9.17) is 9.47 Å². The van der Waals surface area contributed by atoms with E-state index in [1.807, 2.05) is 0 Å². The lowest BCUT2D eigenvalue weighted by molar-refractivity contribution is -0.142. The van der Waals surface area contributed by atoms with Gasteiger partial charge in [0, 0.05) is 18.7 Å². The Morgan fingerprint density at radius 3 is 2.64 bits per heavy atom. The van der Waals surface area contributed by atoms with Crippen LogP contribution in [0.2, 0.25) is 0 Å². The van der Waals surface area contributed by atoms with Crippen LogP contribution < -0.4 is 9.47 Å². The van der Waals surface area contributed by atoms with E-state index >= 15 is 0 Å². The highest BCUT2D eigenvalue weighted by atomic mass is 16.5. The number of ether oxygens (including phenoxy) is 2. The second kappa shape index (κ2) is 8.23. The van der Waals surface area contributed by atoms with Crippen LogP contribution in [0.15, 0.2) is 18.2 Å². The Labute approximate surface area is 148 Å². The van der Waals surface area contributed by atoms with E-state index in [1.54, 1.807) is 37.1 Å². The summed E-state index contributed by atoms with van der Waals surface area (Å²) in [4.78, 5) is 25.9. The lowest BCUT2D eigenvalue weighted by Gasteiger charge is -2.24. The molecule has 138 valence electrons. The van der Waals surface area contributed by atoms with Crippen molar-refractivity contribution < 1.29 is 24.2 Å². The lowest BCUT2D eigenvalue weighted by Crippen LogP contribution is -2.37. The van der Waals surface area contributed by atoms with Gasteiger partial charge in [-0.2, -0.15) is 0 Å². The summed E-state index contributed by atoms with van der Waals surface area (Å²) in [5.41, 5.74) is 0.447. The molecule has 0 radical (unpaired) electrons. The van der Waals surface area contributed by atoms with Crippen molar-refractivity contribution in [1.29, 1.82) is 0 Å². The van der Waals surface area contributed by atoms with Gasteiger partial charge in [-0.1, -0.05) is 13.8 Å². The first kappa shape index (κ1) is 19.1. The molecule has 1 aromatic carbocycles.